The summed E-state index contributed by atoms with van der Waals surface area (Å²) in [6.45, 7) is 0. The van der Waals surface area contributed by atoms with Gasteiger partial charge in [-0.1, -0.05) is 0 Å². The number of nitrogens with one attached hydrogen (secondary N) is 2. The molecular weight excluding hydrogens is 300 g/mol. The van der Waals surface area contributed by atoms with Crippen LogP contribution in [0.4, 0.5) is 11.6 Å². The molecule has 6 heteroatoms. The first-order chi connectivity index (χ1) is 8.24. The van der Waals surface area contributed by atoms with Gasteiger partial charge in [0.25, 0.3) is 0 Å². The maximum absolute atomic E-state index is 4.29. The molecular formula is C11H17BrN4S. The molecule has 4 nitrogen and oxygen atoms in total. The van der Waals surface area contributed by atoms with Crippen LogP contribution in [-0.2, 0) is 0 Å². The van der Waals surface area contributed by atoms with E-state index in [0.717, 1.165) is 21.4 Å². The zero-order valence-electron chi connectivity index (χ0n) is 10.0. The number of halogens is 1. The minimum Gasteiger partial charge on any atom is -0.372 e. The highest BCUT2D eigenvalue weighted by Crippen LogP contribution is 2.32. The Morgan fingerprint density at radius 3 is 2.76 bits per heavy atom. The van der Waals surface area contributed by atoms with E-state index in [0.29, 0.717) is 6.04 Å². The van der Waals surface area contributed by atoms with Gasteiger partial charge in [-0.25, -0.2) is 9.97 Å². The summed E-state index contributed by atoms with van der Waals surface area (Å²) in [7, 11) is 1.86. The van der Waals surface area contributed by atoms with Gasteiger partial charge in [0.2, 0.25) is 0 Å². The summed E-state index contributed by atoms with van der Waals surface area (Å²) >= 11 is 5.49. The SMILES string of the molecule is CNc1ncnc(NC2CCC(SC)C2)c1Br. The van der Waals surface area contributed by atoms with Crippen molar-refractivity contribution in [2.75, 3.05) is 23.9 Å². The number of aromatic nitrogens is 2. The van der Waals surface area contributed by atoms with Crippen LogP contribution in [0, 0.1) is 0 Å². The molecule has 1 aromatic heterocycles. The number of nitrogens with zero attached hydrogens (tertiary/aromatic N) is 2. The molecule has 1 aromatic rings. The monoisotopic (exact) mass is 316 g/mol. The van der Waals surface area contributed by atoms with Crippen LogP contribution in [0.2, 0.25) is 0 Å². The van der Waals surface area contributed by atoms with Crippen LogP contribution in [0.25, 0.3) is 0 Å². The molecule has 0 bridgehead atoms. The lowest BCUT2D eigenvalue weighted by Crippen LogP contribution is -2.17. The average molecular weight is 317 g/mol. The van der Waals surface area contributed by atoms with E-state index >= 15 is 0 Å². The van der Waals surface area contributed by atoms with Gasteiger partial charge in [0.05, 0.1) is 0 Å². The first-order valence-corrected chi connectivity index (χ1v) is 7.80. The minimum absolute atomic E-state index is 0.531. The summed E-state index contributed by atoms with van der Waals surface area (Å²) in [5.41, 5.74) is 0. The van der Waals surface area contributed by atoms with E-state index in [1.165, 1.54) is 19.3 Å². The molecule has 94 valence electrons. The maximum Gasteiger partial charge on any atom is 0.146 e. The van der Waals surface area contributed by atoms with Crippen LogP contribution < -0.4 is 10.6 Å². The van der Waals surface area contributed by atoms with Crippen LogP contribution in [0.5, 0.6) is 0 Å². The van der Waals surface area contributed by atoms with Crippen molar-refractivity contribution in [1.82, 2.24) is 9.97 Å². The molecule has 0 spiro atoms. The second-order valence-electron chi connectivity index (χ2n) is 4.15. The third-order valence-corrected chi connectivity index (χ3v) is 4.93. The number of hydrogen-bond acceptors (Lipinski definition) is 5. The van der Waals surface area contributed by atoms with Crippen LogP contribution in [0.3, 0.4) is 0 Å². The topological polar surface area (TPSA) is 49.8 Å². The van der Waals surface area contributed by atoms with Crippen molar-refractivity contribution in [2.45, 2.75) is 30.6 Å². The first kappa shape index (κ1) is 13.0. The second kappa shape index (κ2) is 5.91. The lowest BCUT2D eigenvalue weighted by atomic mass is 10.2. The van der Waals surface area contributed by atoms with E-state index in [4.69, 9.17) is 0 Å². The molecule has 2 rings (SSSR count). The molecule has 0 aromatic carbocycles. The van der Waals surface area contributed by atoms with Crippen molar-refractivity contribution >= 4 is 39.3 Å². The number of anilines is 2. The lowest BCUT2D eigenvalue weighted by Gasteiger charge is -2.15. The first-order valence-electron chi connectivity index (χ1n) is 5.72. The molecule has 0 amide bonds. The van der Waals surface area contributed by atoms with E-state index < -0.39 is 0 Å². The summed E-state index contributed by atoms with van der Waals surface area (Å²) in [6.07, 6.45) is 7.50. The van der Waals surface area contributed by atoms with E-state index in [1.54, 1.807) is 6.33 Å². The Balaban J connectivity index is 2.04. The van der Waals surface area contributed by atoms with Gasteiger partial charge < -0.3 is 10.6 Å². The average Bonchev–Trinajstić information content (AvgIpc) is 2.79. The van der Waals surface area contributed by atoms with Crippen molar-refractivity contribution in [3.8, 4) is 0 Å². The Kier molecular flexibility index (Phi) is 4.50. The highest BCUT2D eigenvalue weighted by atomic mass is 79.9. The highest BCUT2D eigenvalue weighted by Gasteiger charge is 2.24. The normalized spacial score (nSPS) is 23.7. The summed E-state index contributed by atoms with van der Waals surface area (Å²) < 4.78 is 0.912. The minimum atomic E-state index is 0.531. The molecule has 17 heavy (non-hydrogen) atoms. The summed E-state index contributed by atoms with van der Waals surface area (Å²) in [4.78, 5) is 8.44. The fourth-order valence-electron chi connectivity index (χ4n) is 2.12. The number of thioether (sulfide) groups is 1. The molecule has 0 aliphatic heterocycles. The van der Waals surface area contributed by atoms with Gasteiger partial charge in [-0.2, -0.15) is 11.8 Å². The summed E-state index contributed by atoms with van der Waals surface area (Å²) in [5, 5.41) is 7.32. The van der Waals surface area contributed by atoms with Crippen LogP contribution in [0.1, 0.15) is 19.3 Å². The predicted molar refractivity (Wildman–Crippen MR) is 77.8 cm³/mol. The zero-order valence-corrected chi connectivity index (χ0v) is 12.4. The van der Waals surface area contributed by atoms with E-state index in [2.05, 4.69) is 42.8 Å². The van der Waals surface area contributed by atoms with Crippen molar-refractivity contribution in [3.63, 3.8) is 0 Å². The van der Waals surface area contributed by atoms with Gasteiger partial charge in [0, 0.05) is 18.3 Å². The van der Waals surface area contributed by atoms with Gasteiger partial charge in [0.15, 0.2) is 0 Å². The van der Waals surface area contributed by atoms with Gasteiger partial charge in [-0.15, -0.1) is 0 Å². The third kappa shape index (κ3) is 3.04. The van der Waals surface area contributed by atoms with Gasteiger partial charge in [-0.3, -0.25) is 0 Å². The Morgan fingerprint density at radius 2 is 2.12 bits per heavy atom. The van der Waals surface area contributed by atoms with Crippen molar-refractivity contribution in [2.24, 2.45) is 0 Å². The molecule has 2 atom stereocenters. The highest BCUT2D eigenvalue weighted by molar-refractivity contribution is 9.10. The van der Waals surface area contributed by atoms with Crippen molar-refractivity contribution in [1.29, 1.82) is 0 Å². The zero-order chi connectivity index (χ0) is 12.3. The summed E-state index contributed by atoms with van der Waals surface area (Å²) in [6, 6.07) is 0.531. The predicted octanol–water partition coefficient (Wildman–Crippen LogP) is 2.98. The molecule has 2 N–H and O–H groups in total. The van der Waals surface area contributed by atoms with E-state index in [-0.39, 0.29) is 0 Å². The Bertz CT molecular complexity index is 388. The molecule has 1 aliphatic carbocycles. The third-order valence-electron chi connectivity index (χ3n) is 3.08. The molecule has 0 saturated heterocycles. The van der Waals surface area contributed by atoms with Crippen LogP contribution in [0.15, 0.2) is 10.8 Å². The molecule has 1 aliphatic rings. The van der Waals surface area contributed by atoms with Gasteiger partial charge in [-0.05, 0) is 41.4 Å². The molecule has 1 saturated carbocycles. The smallest absolute Gasteiger partial charge is 0.146 e. The van der Waals surface area contributed by atoms with Crippen LogP contribution in [-0.4, -0.2) is 34.6 Å². The fraction of sp³-hybridized carbons (Fsp3) is 0.636. The quantitative estimate of drug-likeness (QED) is 0.894. The Labute approximate surface area is 115 Å². The van der Waals surface area contributed by atoms with E-state index in [9.17, 15) is 0 Å². The van der Waals surface area contributed by atoms with Gasteiger partial charge in [0.1, 0.15) is 22.4 Å². The lowest BCUT2D eigenvalue weighted by molar-refractivity contribution is 0.750. The maximum atomic E-state index is 4.29. The molecule has 1 fully saturated rings. The van der Waals surface area contributed by atoms with E-state index in [1.807, 2.05) is 18.8 Å². The molecule has 1 heterocycles. The molecule has 2 unspecified atom stereocenters. The second-order valence-corrected chi connectivity index (χ2v) is 6.08. The Morgan fingerprint density at radius 1 is 1.35 bits per heavy atom. The Hall–Kier alpha value is -0.490. The number of rotatable bonds is 4. The van der Waals surface area contributed by atoms with Crippen molar-refractivity contribution in [3.05, 3.63) is 10.8 Å². The van der Waals surface area contributed by atoms with Crippen LogP contribution >= 0.6 is 27.7 Å². The standard InChI is InChI=1S/C11H17BrN4S/c1-13-10-9(12)11(15-6-14-10)16-7-3-4-8(5-7)17-2/h6-8H,3-5H2,1-2H3,(H2,13,14,15,16). The number of hydrogen-bond donors (Lipinski definition) is 2. The summed E-state index contributed by atoms with van der Waals surface area (Å²) in [5.74, 6) is 1.71. The van der Waals surface area contributed by atoms with Gasteiger partial charge >= 0.3 is 0 Å². The fourth-order valence-corrected chi connectivity index (χ4v) is 3.44. The molecule has 0 radical (unpaired) electrons. The van der Waals surface area contributed by atoms with Crippen molar-refractivity contribution < 1.29 is 0 Å². The largest absolute Gasteiger partial charge is 0.372 e.